The summed E-state index contributed by atoms with van der Waals surface area (Å²) >= 11 is 0. The number of aromatic hydroxyl groups is 1. The van der Waals surface area contributed by atoms with Crippen molar-refractivity contribution in [3.8, 4) is 5.75 Å². The summed E-state index contributed by atoms with van der Waals surface area (Å²) in [6.45, 7) is 0. The van der Waals surface area contributed by atoms with Crippen molar-refractivity contribution in [2.45, 2.75) is 6.42 Å². The number of carboxylic acid groups (broad SMARTS) is 2. The normalized spacial score (nSPS) is 9.11. The lowest BCUT2D eigenvalue weighted by atomic mass is 10.0. The van der Waals surface area contributed by atoms with E-state index in [2.05, 4.69) is 12.1 Å². The number of hydrogen-bond acceptors (Lipinski definition) is 2. The third-order valence-electron chi connectivity index (χ3n) is 2.23. The standard InChI is InChI=1S/C13H12O.CH2O3/c14-13-9-5-4-8-12(13)10-11-6-2-1-3-7-11;2-1(3)4/h1-9,14H,10H2;(H2,2,3,4). The maximum atomic E-state index is 9.57. The van der Waals surface area contributed by atoms with Crippen molar-refractivity contribution in [2.75, 3.05) is 0 Å². The number of rotatable bonds is 2. The Morgan fingerprint density at radius 3 is 1.94 bits per heavy atom. The Morgan fingerprint density at radius 2 is 1.39 bits per heavy atom. The molecule has 4 heteroatoms. The topological polar surface area (TPSA) is 77.8 Å². The first-order valence-corrected chi connectivity index (χ1v) is 5.32. The Morgan fingerprint density at radius 1 is 0.889 bits per heavy atom. The molecule has 0 saturated carbocycles. The van der Waals surface area contributed by atoms with Gasteiger partial charge >= 0.3 is 6.16 Å². The van der Waals surface area contributed by atoms with Crippen LogP contribution < -0.4 is 0 Å². The van der Waals surface area contributed by atoms with E-state index in [-0.39, 0.29) is 0 Å². The van der Waals surface area contributed by atoms with Gasteiger partial charge < -0.3 is 15.3 Å². The van der Waals surface area contributed by atoms with Crippen molar-refractivity contribution in [1.29, 1.82) is 0 Å². The first kappa shape index (κ1) is 13.6. The van der Waals surface area contributed by atoms with Crippen LogP contribution in [0.25, 0.3) is 0 Å². The molecular weight excluding hydrogens is 232 g/mol. The second-order valence-corrected chi connectivity index (χ2v) is 3.57. The summed E-state index contributed by atoms with van der Waals surface area (Å²) in [5.41, 5.74) is 2.19. The van der Waals surface area contributed by atoms with Gasteiger partial charge in [-0.1, -0.05) is 48.5 Å². The van der Waals surface area contributed by atoms with E-state index in [1.807, 2.05) is 36.4 Å². The molecule has 0 amide bonds. The number of carbonyl (C=O) groups is 1. The lowest BCUT2D eigenvalue weighted by Gasteiger charge is -2.03. The quantitative estimate of drug-likeness (QED) is 0.760. The van der Waals surface area contributed by atoms with E-state index in [4.69, 9.17) is 15.0 Å². The number of hydrogen-bond donors (Lipinski definition) is 3. The number of phenolic OH excluding ortho intramolecular Hbond substituents is 1. The van der Waals surface area contributed by atoms with Gasteiger partial charge in [0.1, 0.15) is 5.75 Å². The average molecular weight is 246 g/mol. The van der Waals surface area contributed by atoms with Gasteiger partial charge in [0.15, 0.2) is 0 Å². The van der Waals surface area contributed by atoms with Gasteiger partial charge in [0, 0.05) is 6.42 Å². The van der Waals surface area contributed by atoms with Crippen molar-refractivity contribution >= 4 is 6.16 Å². The molecule has 0 spiro atoms. The van der Waals surface area contributed by atoms with Crippen molar-refractivity contribution in [1.82, 2.24) is 0 Å². The lowest BCUT2D eigenvalue weighted by molar-refractivity contribution is 0.137. The van der Waals surface area contributed by atoms with E-state index < -0.39 is 6.16 Å². The fourth-order valence-electron chi connectivity index (χ4n) is 1.48. The molecule has 0 heterocycles. The third kappa shape index (κ3) is 5.03. The van der Waals surface area contributed by atoms with Crippen molar-refractivity contribution < 1.29 is 20.1 Å². The van der Waals surface area contributed by atoms with E-state index in [9.17, 15) is 5.11 Å². The molecule has 0 aliphatic heterocycles. The van der Waals surface area contributed by atoms with Crippen molar-refractivity contribution in [2.24, 2.45) is 0 Å². The fourth-order valence-corrected chi connectivity index (χ4v) is 1.48. The molecule has 0 unspecified atom stereocenters. The molecule has 0 fully saturated rings. The zero-order chi connectivity index (χ0) is 13.4. The predicted octanol–water partition coefficient (Wildman–Crippen LogP) is 3.21. The molecule has 2 aromatic carbocycles. The van der Waals surface area contributed by atoms with Gasteiger partial charge in [-0.15, -0.1) is 0 Å². The number of para-hydroxylation sites is 1. The second kappa shape index (κ2) is 6.96. The smallest absolute Gasteiger partial charge is 0.503 e. The van der Waals surface area contributed by atoms with Crippen LogP contribution in [0.3, 0.4) is 0 Å². The fraction of sp³-hybridized carbons (Fsp3) is 0.0714. The molecule has 2 rings (SSSR count). The Labute approximate surface area is 105 Å². The molecule has 0 radical (unpaired) electrons. The van der Waals surface area contributed by atoms with Crippen LogP contribution in [0, 0.1) is 0 Å². The summed E-state index contributed by atoms with van der Waals surface area (Å²) in [6, 6.07) is 17.6. The van der Waals surface area contributed by atoms with Crippen LogP contribution in [0.2, 0.25) is 0 Å². The van der Waals surface area contributed by atoms with Crippen LogP contribution in [0.4, 0.5) is 4.79 Å². The van der Waals surface area contributed by atoms with Gasteiger partial charge in [0.25, 0.3) is 0 Å². The van der Waals surface area contributed by atoms with Crippen LogP contribution in [0.1, 0.15) is 11.1 Å². The van der Waals surface area contributed by atoms with Crippen LogP contribution in [0.5, 0.6) is 5.75 Å². The number of benzene rings is 2. The summed E-state index contributed by atoms with van der Waals surface area (Å²) in [5.74, 6) is 0.372. The summed E-state index contributed by atoms with van der Waals surface area (Å²) < 4.78 is 0. The Hall–Kier alpha value is -2.49. The average Bonchev–Trinajstić information content (AvgIpc) is 2.33. The van der Waals surface area contributed by atoms with E-state index in [0.717, 1.165) is 12.0 Å². The van der Waals surface area contributed by atoms with Crippen LogP contribution in [-0.2, 0) is 6.42 Å². The molecule has 0 atom stereocenters. The van der Waals surface area contributed by atoms with E-state index in [1.54, 1.807) is 6.07 Å². The zero-order valence-electron chi connectivity index (χ0n) is 9.65. The minimum absolute atomic E-state index is 0.372. The molecule has 2 aromatic rings. The minimum Gasteiger partial charge on any atom is -0.508 e. The van der Waals surface area contributed by atoms with Crippen LogP contribution in [0.15, 0.2) is 54.6 Å². The van der Waals surface area contributed by atoms with Gasteiger partial charge in [-0.2, -0.15) is 0 Å². The van der Waals surface area contributed by atoms with Crippen molar-refractivity contribution in [3.63, 3.8) is 0 Å². The maximum Gasteiger partial charge on any atom is 0.503 e. The molecule has 18 heavy (non-hydrogen) atoms. The zero-order valence-corrected chi connectivity index (χ0v) is 9.65. The van der Waals surface area contributed by atoms with Crippen molar-refractivity contribution in [3.05, 3.63) is 65.7 Å². The summed E-state index contributed by atoms with van der Waals surface area (Å²) in [7, 11) is 0. The summed E-state index contributed by atoms with van der Waals surface area (Å²) in [4.78, 5) is 8.56. The first-order valence-electron chi connectivity index (χ1n) is 5.32. The van der Waals surface area contributed by atoms with Gasteiger partial charge in [-0.05, 0) is 17.2 Å². The lowest BCUT2D eigenvalue weighted by Crippen LogP contribution is -1.87. The molecule has 4 nitrogen and oxygen atoms in total. The molecular formula is C14H14O4. The van der Waals surface area contributed by atoms with Crippen LogP contribution in [-0.4, -0.2) is 21.5 Å². The molecule has 0 bridgehead atoms. The molecule has 0 aliphatic rings. The largest absolute Gasteiger partial charge is 0.508 e. The highest BCUT2D eigenvalue weighted by Gasteiger charge is 1.99. The first-order chi connectivity index (χ1) is 8.59. The monoisotopic (exact) mass is 246 g/mol. The van der Waals surface area contributed by atoms with E-state index >= 15 is 0 Å². The second-order valence-electron chi connectivity index (χ2n) is 3.57. The molecule has 3 N–H and O–H groups in total. The highest BCUT2D eigenvalue weighted by molar-refractivity contribution is 5.53. The molecule has 0 aromatic heterocycles. The minimum atomic E-state index is -1.83. The third-order valence-corrected chi connectivity index (χ3v) is 2.23. The van der Waals surface area contributed by atoms with Gasteiger partial charge in [0.2, 0.25) is 0 Å². The Kier molecular flexibility index (Phi) is 5.25. The predicted molar refractivity (Wildman–Crippen MR) is 68.0 cm³/mol. The van der Waals surface area contributed by atoms with Gasteiger partial charge in [-0.25, -0.2) is 4.79 Å². The SMILES string of the molecule is O=C(O)O.Oc1ccccc1Cc1ccccc1. The number of phenols is 1. The Bertz CT molecular complexity index is 490. The summed E-state index contributed by atoms with van der Waals surface area (Å²) in [5, 5.41) is 23.5. The van der Waals surface area contributed by atoms with E-state index in [1.165, 1.54) is 5.56 Å². The summed E-state index contributed by atoms with van der Waals surface area (Å²) in [6.07, 6.45) is -1.05. The highest BCUT2D eigenvalue weighted by atomic mass is 16.6. The maximum absolute atomic E-state index is 9.57. The molecule has 0 aliphatic carbocycles. The van der Waals surface area contributed by atoms with Crippen LogP contribution >= 0.6 is 0 Å². The van der Waals surface area contributed by atoms with Gasteiger partial charge in [-0.3, -0.25) is 0 Å². The van der Waals surface area contributed by atoms with Gasteiger partial charge in [0.05, 0.1) is 0 Å². The highest BCUT2D eigenvalue weighted by Crippen LogP contribution is 2.19. The van der Waals surface area contributed by atoms with E-state index in [0.29, 0.717) is 5.75 Å². The molecule has 0 saturated heterocycles. The molecule has 94 valence electrons. The Balaban J connectivity index is 0.000000357.